The van der Waals surface area contributed by atoms with E-state index in [-0.39, 0.29) is 22.1 Å². The lowest BCUT2D eigenvalue weighted by molar-refractivity contribution is -0.117. The Morgan fingerprint density at radius 2 is 1.62 bits per heavy atom. The van der Waals surface area contributed by atoms with Crippen LogP contribution in [0.4, 0.5) is 15.9 Å². The van der Waals surface area contributed by atoms with Crippen LogP contribution in [0.2, 0.25) is 5.02 Å². The number of anilines is 2. The molecule has 3 aromatic carbocycles. The lowest BCUT2D eigenvalue weighted by Gasteiger charge is -2.12. The van der Waals surface area contributed by atoms with Crippen molar-refractivity contribution < 1.29 is 18.8 Å². The largest absolute Gasteiger partial charge is 0.322 e. The maximum atomic E-state index is 13.9. The average Bonchev–Trinajstić information content (AvgIpc) is 3.20. The first kappa shape index (κ1) is 23.9. The second kappa shape index (κ2) is 10.0. The van der Waals surface area contributed by atoms with Gasteiger partial charge in [-0.25, -0.2) is 9.38 Å². The molecule has 3 amide bonds. The summed E-state index contributed by atoms with van der Waals surface area (Å²) in [6.45, 7) is 0. The normalized spacial score (nSPS) is 14.6. The van der Waals surface area contributed by atoms with E-state index in [0.29, 0.717) is 17.0 Å². The van der Waals surface area contributed by atoms with E-state index >= 15 is 0 Å². The summed E-state index contributed by atoms with van der Waals surface area (Å²) in [6.07, 6.45) is -1.31. The molecule has 1 atom stereocenters. The fourth-order valence-electron chi connectivity index (χ4n) is 3.76. The van der Waals surface area contributed by atoms with Crippen molar-refractivity contribution in [1.82, 2.24) is 15.5 Å². The van der Waals surface area contributed by atoms with E-state index in [4.69, 9.17) is 11.6 Å². The fraction of sp³-hybridized carbons (Fsp3) is 0.0385. The number of aromatic nitrogens is 2. The first-order valence-electron chi connectivity index (χ1n) is 11.1. The summed E-state index contributed by atoms with van der Waals surface area (Å²) >= 11 is 6.27. The van der Waals surface area contributed by atoms with Crippen molar-refractivity contribution in [3.63, 3.8) is 0 Å². The van der Waals surface area contributed by atoms with Gasteiger partial charge < -0.3 is 16.0 Å². The molecule has 1 aromatic heterocycles. The van der Waals surface area contributed by atoms with Crippen molar-refractivity contribution in [2.45, 2.75) is 6.17 Å². The first-order valence-corrected chi connectivity index (χ1v) is 11.4. The van der Waals surface area contributed by atoms with Crippen LogP contribution in [-0.2, 0) is 4.79 Å². The Bertz CT molecular complexity index is 1550. The molecular formula is C26H18ClFN6O3. The SMILES string of the molecule is O=C(Nc1[nH]nc(C(=O)NC2N=C(c3ccccc3)c3ccccc3NC2=O)c1Cl)c1ccccc1F. The lowest BCUT2D eigenvalue weighted by Crippen LogP contribution is -2.42. The molecule has 11 heteroatoms. The van der Waals surface area contributed by atoms with Crippen LogP contribution in [-0.4, -0.2) is 39.8 Å². The van der Waals surface area contributed by atoms with Crippen LogP contribution in [0, 0.1) is 5.82 Å². The third-order valence-electron chi connectivity index (χ3n) is 5.54. The van der Waals surface area contributed by atoms with Crippen LogP contribution >= 0.6 is 11.6 Å². The van der Waals surface area contributed by atoms with Gasteiger partial charge in [0, 0.05) is 11.1 Å². The molecule has 2 heterocycles. The number of aromatic amines is 1. The average molecular weight is 517 g/mol. The van der Waals surface area contributed by atoms with Crippen LogP contribution < -0.4 is 16.0 Å². The second-order valence-electron chi connectivity index (χ2n) is 7.95. The predicted octanol–water partition coefficient (Wildman–Crippen LogP) is 4.00. The van der Waals surface area contributed by atoms with Crippen molar-refractivity contribution >= 4 is 46.5 Å². The van der Waals surface area contributed by atoms with Gasteiger partial charge in [0.1, 0.15) is 16.7 Å². The van der Waals surface area contributed by atoms with Gasteiger partial charge in [-0.1, -0.05) is 72.3 Å². The number of benzene rings is 3. The molecule has 1 aliphatic heterocycles. The molecule has 9 nitrogen and oxygen atoms in total. The van der Waals surface area contributed by atoms with Gasteiger partial charge in [0.2, 0.25) is 6.17 Å². The molecule has 4 N–H and O–H groups in total. The smallest absolute Gasteiger partial charge is 0.275 e. The van der Waals surface area contributed by atoms with E-state index in [1.54, 1.807) is 12.1 Å². The number of fused-ring (bicyclic) bond motifs is 1. The van der Waals surface area contributed by atoms with E-state index in [1.807, 2.05) is 42.5 Å². The molecule has 0 saturated carbocycles. The van der Waals surface area contributed by atoms with Gasteiger partial charge in [-0.2, -0.15) is 5.10 Å². The van der Waals surface area contributed by atoms with E-state index in [1.165, 1.54) is 18.2 Å². The molecule has 184 valence electrons. The fourth-order valence-corrected chi connectivity index (χ4v) is 3.98. The van der Waals surface area contributed by atoms with Gasteiger partial charge in [0.05, 0.1) is 17.0 Å². The zero-order valence-electron chi connectivity index (χ0n) is 19.0. The molecule has 0 spiro atoms. The quantitative estimate of drug-likeness (QED) is 0.319. The summed E-state index contributed by atoms with van der Waals surface area (Å²) in [4.78, 5) is 43.0. The van der Waals surface area contributed by atoms with E-state index in [9.17, 15) is 18.8 Å². The highest BCUT2D eigenvalue weighted by atomic mass is 35.5. The highest BCUT2D eigenvalue weighted by molar-refractivity contribution is 6.36. The summed E-state index contributed by atoms with van der Waals surface area (Å²) < 4.78 is 13.9. The minimum atomic E-state index is -1.31. The Kier molecular flexibility index (Phi) is 6.48. The summed E-state index contributed by atoms with van der Waals surface area (Å²) in [6, 6.07) is 21.8. The summed E-state index contributed by atoms with van der Waals surface area (Å²) in [7, 11) is 0. The number of para-hydroxylation sites is 1. The van der Waals surface area contributed by atoms with Crippen molar-refractivity contribution in [2.24, 2.45) is 4.99 Å². The Hall–Kier alpha value is -4.83. The second-order valence-corrected chi connectivity index (χ2v) is 8.33. The standard InChI is InChI=1S/C26H18ClFN6O3/c27-19-21(33-34-22(19)31-24(35)15-10-4-6-12-17(15)28)25(36)32-23-26(37)29-18-13-7-5-11-16(18)20(30-23)14-8-2-1-3-9-14/h1-13,23H,(H,29,37)(H,32,36)(H2,31,33,34,35). The lowest BCUT2D eigenvalue weighted by atomic mass is 10.0. The summed E-state index contributed by atoms with van der Waals surface area (Å²) in [5.41, 5.74) is 2.00. The summed E-state index contributed by atoms with van der Waals surface area (Å²) in [5, 5.41) is 13.8. The Labute approximate surface area is 214 Å². The number of amides is 3. The third-order valence-corrected chi connectivity index (χ3v) is 5.91. The number of hydrogen-bond acceptors (Lipinski definition) is 5. The minimum absolute atomic E-state index is 0.105. The van der Waals surface area contributed by atoms with E-state index in [2.05, 4.69) is 31.1 Å². The number of halogens is 2. The number of nitrogens with zero attached hydrogens (tertiary/aromatic N) is 2. The first-order chi connectivity index (χ1) is 17.9. The zero-order valence-corrected chi connectivity index (χ0v) is 19.7. The van der Waals surface area contributed by atoms with Crippen LogP contribution in [0.5, 0.6) is 0 Å². The molecule has 37 heavy (non-hydrogen) atoms. The number of aliphatic imine (C=N–C) groups is 1. The monoisotopic (exact) mass is 516 g/mol. The zero-order chi connectivity index (χ0) is 25.9. The Balaban J connectivity index is 1.40. The van der Waals surface area contributed by atoms with Gasteiger partial charge >= 0.3 is 0 Å². The van der Waals surface area contributed by atoms with Crippen LogP contribution in [0.3, 0.4) is 0 Å². The number of carbonyl (C=O) groups excluding carboxylic acids is 3. The molecule has 0 fully saturated rings. The number of benzodiazepines with no additional fused rings is 1. The highest BCUT2D eigenvalue weighted by Gasteiger charge is 2.29. The van der Waals surface area contributed by atoms with Crippen molar-refractivity contribution in [2.75, 3.05) is 10.6 Å². The van der Waals surface area contributed by atoms with Gasteiger partial charge in [-0.05, 0) is 18.2 Å². The highest BCUT2D eigenvalue weighted by Crippen LogP contribution is 2.26. The number of H-pyrrole nitrogens is 1. The Morgan fingerprint density at radius 3 is 2.41 bits per heavy atom. The van der Waals surface area contributed by atoms with Crippen molar-refractivity contribution in [3.8, 4) is 0 Å². The number of rotatable bonds is 5. The third kappa shape index (κ3) is 4.82. The maximum absolute atomic E-state index is 13.9. The summed E-state index contributed by atoms with van der Waals surface area (Å²) in [5.74, 6) is -2.98. The molecule has 1 aliphatic rings. The molecule has 4 aromatic rings. The molecule has 5 rings (SSSR count). The predicted molar refractivity (Wildman–Crippen MR) is 136 cm³/mol. The van der Waals surface area contributed by atoms with Crippen molar-refractivity contribution in [3.05, 3.63) is 112 Å². The molecule has 0 saturated heterocycles. The molecule has 1 unspecified atom stereocenters. The number of hydrogen-bond donors (Lipinski definition) is 4. The van der Waals surface area contributed by atoms with Gasteiger partial charge in [0.15, 0.2) is 5.69 Å². The van der Waals surface area contributed by atoms with Crippen LogP contribution in [0.1, 0.15) is 32.0 Å². The topological polar surface area (TPSA) is 128 Å². The molecule has 0 aliphatic carbocycles. The van der Waals surface area contributed by atoms with Crippen LogP contribution in [0.15, 0.2) is 83.9 Å². The molecule has 0 bridgehead atoms. The van der Waals surface area contributed by atoms with Gasteiger partial charge in [0.25, 0.3) is 17.7 Å². The van der Waals surface area contributed by atoms with Crippen LogP contribution in [0.25, 0.3) is 0 Å². The molecular weight excluding hydrogens is 499 g/mol. The van der Waals surface area contributed by atoms with Crippen molar-refractivity contribution in [1.29, 1.82) is 0 Å². The minimum Gasteiger partial charge on any atom is -0.322 e. The molecule has 0 radical (unpaired) electrons. The number of nitrogens with one attached hydrogen (secondary N) is 4. The Morgan fingerprint density at radius 1 is 0.919 bits per heavy atom. The van der Waals surface area contributed by atoms with Gasteiger partial charge in [-0.15, -0.1) is 0 Å². The van der Waals surface area contributed by atoms with E-state index < -0.39 is 29.7 Å². The maximum Gasteiger partial charge on any atom is 0.275 e. The van der Waals surface area contributed by atoms with Gasteiger partial charge in [-0.3, -0.25) is 19.5 Å². The van der Waals surface area contributed by atoms with E-state index in [0.717, 1.165) is 11.6 Å². The number of carbonyl (C=O) groups is 3.